The van der Waals surface area contributed by atoms with Gasteiger partial charge in [0.25, 0.3) is 0 Å². The van der Waals surface area contributed by atoms with Crippen molar-refractivity contribution in [2.45, 2.75) is 39.3 Å². The molecule has 1 unspecified atom stereocenters. The van der Waals surface area contributed by atoms with E-state index in [9.17, 15) is 5.11 Å². The SMILES string of the molecule is CCc1nn(CC)c(CC(O)c2ncc(Br)cc2Br)c1Br. The summed E-state index contributed by atoms with van der Waals surface area (Å²) in [6.45, 7) is 4.89. The van der Waals surface area contributed by atoms with Crippen molar-refractivity contribution in [3.8, 4) is 0 Å². The summed E-state index contributed by atoms with van der Waals surface area (Å²) in [6.07, 6.45) is 2.33. The van der Waals surface area contributed by atoms with Crippen LogP contribution in [0, 0.1) is 0 Å². The molecule has 0 aliphatic rings. The Morgan fingerprint density at radius 3 is 2.57 bits per heavy atom. The zero-order chi connectivity index (χ0) is 15.6. The molecule has 0 saturated carbocycles. The van der Waals surface area contributed by atoms with Gasteiger partial charge in [0, 0.05) is 28.1 Å². The highest BCUT2D eigenvalue weighted by atomic mass is 79.9. The first-order chi connectivity index (χ1) is 9.97. The van der Waals surface area contributed by atoms with Gasteiger partial charge < -0.3 is 5.11 Å². The van der Waals surface area contributed by atoms with Gasteiger partial charge in [-0.3, -0.25) is 9.67 Å². The Morgan fingerprint density at radius 2 is 2.00 bits per heavy atom. The van der Waals surface area contributed by atoms with Crippen LogP contribution in [0.1, 0.15) is 37.0 Å². The van der Waals surface area contributed by atoms with Gasteiger partial charge in [-0.05, 0) is 67.2 Å². The van der Waals surface area contributed by atoms with E-state index < -0.39 is 6.10 Å². The summed E-state index contributed by atoms with van der Waals surface area (Å²) >= 11 is 10.4. The fraction of sp³-hybridized carbons (Fsp3) is 0.429. The lowest BCUT2D eigenvalue weighted by atomic mass is 10.1. The maximum atomic E-state index is 10.5. The van der Waals surface area contributed by atoms with Crippen molar-refractivity contribution in [3.05, 3.63) is 42.8 Å². The molecule has 7 heteroatoms. The standard InChI is InChI=1S/C14H16Br3N3O/c1-3-10-13(17)11(20(4-2)19-10)6-12(21)14-9(16)5-8(15)7-18-14/h5,7,12,21H,3-4,6H2,1-2H3. The van der Waals surface area contributed by atoms with Crippen molar-refractivity contribution < 1.29 is 5.11 Å². The van der Waals surface area contributed by atoms with Crippen LogP contribution in [0.3, 0.4) is 0 Å². The highest BCUT2D eigenvalue weighted by Crippen LogP contribution is 2.30. The van der Waals surface area contributed by atoms with Crippen molar-refractivity contribution in [1.29, 1.82) is 0 Å². The van der Waals surface area contributed by atoms with E-state index in [1.54, 1.807) is 6.20 Å². The predicted molar refractivity (Wildman–Crippen MR) is 93.3 cm³/mol. The number of hydrogen-bond acceptors (Lipinski definition) is 3. The van der Waals surface area contributed by atoms with Gasteiger partial charge in [0.2, 0.25) is 0 Å². The molecule has 0 radical (unpaired) electrons. The highest BCUT2D eigenvalue weighted by Gasteiger charge is 2.20. The van der Waals surface area contributed by atoms with Gasteiger partial charge in [0.15, 0.2) is 0 Å². The summed E-state index contributed by atoms with van der Waals surface area (Å²) in [5.41, 5.74) is 2.65. The molecule has 4 nitrogen and oxygen atoms in total. The minimum Gasteiger partial charge on any atom is -0.386 e. The third kappa shape index (κ3) is 3.75. The van der Waals surface area contributed by atoms with Crippen LogP contribution in [0.25, 0.3) is 0 Å². The molecule has 21 heavy (non-hydrogen) atoms. The van der Waals surface area contributed by atoms with Crippen molar-refractivity contribution in [2.75, 3.05) is 0 Å². The Kier molecular flexibility index (Phi) is 5.99. The summed E-state index contributed by atoms with van der Waals surface area (Å²) in [5, 5.41) is 15.1. The summed E-state index contributed by atoms with van der Waals surface area (Å²) < 4.78 is 4.58. The molecule has 2 rings (SSSR count). The van der Waals surface area contributed by atoms with Crippen molar-refractivity contribution in [2.24, 2.45) is 0 Å². The van der Waals surface area contributed by atoms with Crippen LogP contribution in [-0.2, 0) is 19.4 Å². The third-order valence-electron chi connectivity index (χ3n) is 3.23. The summed E-state index contributed by atoms with van der Waals surface area (Å²) in [7, 11) is 0. The largest absolute Gasteiger partial charge is 0.386 e. The van der Waals surface area contributed by atoms with Gasteiger partial charge in [-0.2, -0.15) is 5.10 Å². The molecule has 0 aliphatic heterocycles. The number of rotatable bonds is 5. The zero-order valence-electron chi connectivity index (χ0n) is 11.8. The second-order valence-corrected chi connectivity index (χ2v) is 7.18. The molecule has 1 atom stereocenters. The molecule has 0 spiro atoms. The Hall–Kier alpha value is -0.240. The van der Waals surface area contributed by atoms with Gasteiger partial charge in [-0.15, -0.1) is 0 Å². The summed E-state index contributed by atoms with van der Waals surface area (Å²) in [5.74, 6) is 0. The lowest BCUT2D eigenvalue weighted by Crippen LogP contribution is -2.10. The molecule has 2 aromatic rings. The lowest BCUT2D eigenvalue weighted by molar-refractivity contribution is 0.169. The molecular weight excluding hydrogens is 466 g/mol. The second kappa shape index (κ2) is 7.35. The van der Waals surface area contributed by atoms with E-state index in [2.05, 4.69) is 64.8 Å². The predicted octanol–water partition coefficient (Wildman–Crippen LogP) is 4.42. The number of halogens is 3. The van der Waals surface area contributed by atoms with Crippen LogP contribution < -0.4 is 0 Å². The van der Waals surface area contributed by atoms with E-state index >= 15 is 0 Å². The minimum atomic E-state index is -0.685. The van der Waals surface area contributed by atoms with Gasteiger partial charge in [0.05, 0.1) is 21.6 Å². The number of nitrogens with zero attached hydrogens (tertiary/aromatic N) is 3. The van der Waals surface area contributed by atoms with Crippen LogP contribution in [0.2, 0.25) is 0 Å². The average molecular weight is 482 g/mol. The smallest absolute Gasteiger partial charge is 0.103 e. The van der Waals surface area contributed by atoms with Gasteiger partial charge in [-0.25, -0.2) is 0 Å². The van der Waals surface area contributed by atoms with Crippen LogP contribution in [0.4, 0.5) is 0 Å². The molecule has 1 N–H and O–H groups in total. The van der Waals surface area contributed by atoms with Crippen LogP contribution in [0.5, 0.6) is 0 Å². The van der Waals surface area contributed by atoms with Gasteiger partial charge in [-0.1, -0.05) is 6.92 Å². The lowest BCUT2D eigenvalue weighted by Gasteiger charge is -2.13. The Labute approximate surface area is 149 Å². The number of pyridine rings is 1. The molecule has 2 heterocycles. The molecule has 0 aliphatic carbocycles. The first-order valence-electron chi connectivity index (χ1n) is 6.70. The summed E-state index contributed by atoms with van der Waals surface area (Å²) in [4.78, 5) is 4.30. The molecule has 0 amide bonds. The molecule has 0 bridgehead atoms. The number of aliphatic hydroxyl groups is 1. The van der Waals surface area contributed by atoms with Crippen molar-refractivity contribution >= 4 is 47.8 Å². The minimum absolute atomic E-state index is 0.467. The normalized spacial score (nSPS) is 12.7. The topological polar surface area (TPSA) is 50.9 Å². The number of aromatic nitrogens is 3. The first kappa shape index (κ1) is 17.1. The van der Waals surface area contributed by atoms with Crippen LogP contribution in [-0.4, -0.2) is 19.9 Å². The number of hydrogen-bond donors (Lipinski definition) is 1. The third-order valence-corrected chi connectivity index (χ3v) is 5.22. The Balaban J connectivity index is 2.31. The monoisotopic (exact) mass is 479 g/mol. The molecule has 2 aromatic heterocycles. The first-order valence-corrected chi connectivity index (χ1v) is 9.08. The average Bonchev–Trinajstić information content (AvgIpc) is 2.75. The number of aryl methyl sites for hydroxylation is 2. The van der Waals surface area contributed by atoms with Crippen molar-refractivity contribution in [1.82, 2.24) is 14.8 Å². The van der Waals surface area contributed by atoms with E-state index in [-0.39, 0.29) is 0 Å². The van der Waals surface area contributed by atoms with E-state index in [0.29, 0.717) is 12.1 Å². The maximum absolute atomic E-state index is 10.5. The highest BCUT2D eigenvalue weighted by molar-refractivity contribution is 9.11. The summed E-state index contributed by atoms with van der Waals surface area (Å²) in [6, 6.07) is 1.88. The second-order valence-electron chi connectivity index (χ2n) is 4.62. The Morgan fingerprint density at radius 1 is 1.29 bits per heavy atom. The van der Waals surface area contributed by atoms with Crippen LogP contribution in [0.15, 0.2) is 25.7 Å². The Bertz CT molecular complexity index is 643. The van der Waals surface area contributed by atoms with Crippen LogP contribution >= 0.6 is 47.8 Å². The zero-order valence-corrected chi connectivity index (χ0v) is 16.5. The fourth-order valence-electron chi connectivity index (χ4n) is 2.16. The van der Waals surface area contributed by atoms with E-state index in [1.165, 1.54) is 0 Å². The van der Waals surface area contributed by atoms with Crippen molar-refractivity contribution in [3.63, 3.8) is 0 Å². The van der Waals surface area contributed by atoms with Gasteiger partial charge >= 0.3 is 0 Å². The molecule has 114 valence electrons. The molecule has 0 fully saturated rings. The van der Waals surface area contributed by atoms with E-state index in [4.69, 9.17) is 0 Å². The van der Waals surface area contributed by atoms with E-state index in [0.717, 1.165) is 37.8 Å². The molecule has 0 aromatic carbocycles. The van der Waals surface area contributed by atoms with Gasteiger partial charge in [0.1, 0.15) is 6.10 Å². The quantitative estimate of drug-likeness (QED) is 0.687. The fourth-order valence-corrected chi connectivity index (χ4v) is 4.14. The maximum Gasteiger partial charge on any atom is 0.103 e. The molecule has 0 saturated heterocycles. The number of aliphatic hydroxyl groups excluding tert-OH is 1. The van der Waals surface area contributed by atoms with E-state index in [1.807, 2.05) is 17.7 Å². The molecular formula is C14H16Br3N3O.